The maximum Gasteiger partial charge on any atom is 0.335 e. The molecule has 0 saturated carbocycles. The highest BCUT2D eigenvalue weighted by Gasteiger charge is 2.15. The molecule has 1 aromatic heterocycles. The number of aromatic amines is 1. The number of hydrazone groups is 1. The molecule has 150 valence electrons. The van der Waals surface area contributed by atoms with Crippen LogP contribution in [0.3, 0.4) is 0 Å². The lowest BCUT2D eigenvalue weighted by Gasteiger charge is -2.12. The van der Waals surface area contributed by atoms with Crippen LogP contribution in [0.25, 0.3) is 16.5 Å². The molecule has 0 amide bonds. The number of hydrogen-bond acceptors (Lipinski definition) is 5. The molecular weight excluding hydrogens is 380 g/mol. The van der Waals surface area contributed by atoms with Crippen molar-refractivity contribution < 1.29 is 5.11 Å². The van der Waals surface area contributed by atoms with Crippen LogP contribution in [0, 0.1) is 13.8 Å². The summed E-state index contributed by atoms with van der Waals surface area (Å²) >= 11 is 0. The summed E-state index contributed by atoms with van der Waals surface area (Å²) in [5.41, 5.74) is 4.39. The standard InChI is InChI=1S/C23H20N4O3/c1-14-10-11-20(15(2)12-14)27-22(29)18(21(28)25-23(27)30)13-24-26-19-9-5-7-16-6-3-4-8-17(16)19/h3-13,26,29H,1-2H3,(H,25,28,30). The minimum atomic E-state index is -0.720. The molecule has 0 aliphatic rings. The second-order valence-electron chi connectivity index (χ2n) is 7.02. The molecule has 0 aliphatic heterocycles. The van der Waals surface area contributed by atoms with Crippen LogP contribution in [0.2, 0.25) is 0 Å². The fourth-order valence-electron chi connectivity index (χ4n) is 3.42. The molecule has 0 bridgehead atoms. The van der Waals surface area contributed by atoms with E-state index in [1.807, 2.05) is 68.4 Å². The molecule has 0 aliphatic carbocycles. The predicted octanol–water partition coefficient (Wildman–Crippen LogP) is 3.45. The second-order valence-corrected chi connectivity index (χ2v) is 7.02. The van der Waals surface area contributed by atoms with Crippen molar-refractivity contribution in [3.05, 3.63) is 98.2 Å². The number of benzene rings is 3. The molecule has 3 aromatic carbocycles. The van der Waals surface area contributed by atoms with Gasteiger partial charge in [-0.2, -0.15) is 5.10 Å². The highest BCUT2D eigenvalue weighted by Crippen LogP contribution is 2.23. The Kier molecular flexibility index (Phi) is 4.93. The zero-order chi connectivity index (χ0) is 21.3. The van der Waals surface area contributed by atoms with Gasteiger partial charge in [-0.05, 0) is 36.9 Å². The van der Waals surface area contributed by atoms with Crippen molar-refractivity contribution in [2.24, 2.45) is 5.10 Å². The first-order valence-electron chi connectivity index (χ1n) is 9.38. The molecule has 0 spiro atoms. The molecule has 0 fully saturated rings. The number of aromatic hydroxyl groups is 1. The fourth-order valence-corrected chi connectivity index (χ4v) is 3.42. The van der Waals surface area contributed by atoms with Gasteiger partial charge in [0.25, 0.3) is 5.56 Å². The van der Waals surface area contributed by atoms with Crippen molar-refractivity contribution >= 4 is 22.7 Å². The number of aromatic nitrogens is 2. The van der Waals surface area contributed by atoms with Crippen molar-refractivity contribution in [3.63, 3.8) is 0 Å². The minimum Gasteiger partial charge on any atom is -0.493 e. The van der Waals surface area contributed by atoms with E-state index >= 15 is 0 Å². The van der Waals surface area contributed by atoms with Crippen molar-refractivity contribution in [3.8, 4) is 11.6 Å². The Morgan fingerprint density at radius 3 is 2.60 bits per heavy atom. The SMILES string of the molecule is Cc1ccc(-n2c(O)c(C=NNc3cccc4ccccc34)c(=O)[nH]c2=O)c(C)c1. The summed E-state index contributed by atoms with van der Waals surface area (Å²) in [5.74, 6) is -0.473. The van der Waals surface area contributed by atoms with Gasteiger partial charge in [0.15, 0.2) is 0 Å². The zero-order valence-electron chi connectivity index (χ0n) is 16.5. The lowest BCUT2D eigenvalue weighted by atomic mass is 10.1. The average molecular weight is 400 g/mol. The molecule has 1 heterocycles. The Balaban J connectivity index is 1.74. The molecule has 7 nitrogen and oxygen atoms in total. The number of aryl methyl sites for hydroxylation is 2. The molecule has 4 aromatic rings. The molecule has 30 heavy (non-hydrogen) atoms. The summed E-state index contributed by atoms with van der Waals surface area (Å²) in [6, 6.07) is 19.0. The summed E-state index contributed by atoms with van der Waals surface area (Å²) in [6.07, 6.45) is 1.20. The number of hydrogen-bond donors (Lipinski definition) is 3. The van der Waals surface area contributed by atoms with E-state index in [2.05, 4.69) is 15.5 Å². The van der Waals surface area contributed by atoms with Crippen molar-refractivity contribution in [2.75, 3.05) is 5.43 Å². The molecular formula is C23H20N4O3. The van der Waals surface area contributed by atoms with Gasteiger partial charge in [0.1, 0.15) is 5.56 Å². The summed E-state index contributed by atoms with van der Waals surface area (Å²) in [4.78, 5) is 26.9. The largest absolute Gasteiger partial charge is 0.493 e. The van der Waals surface area contributed by atoms with Crippen LogP contribution in [0.1, 0.15) is 16.7 Å². The topological polar surface area (TPSA) is 99.5 Å². The normalized spacial score (nSPS) is 11.3. The first-order chi connectivity index (χ1) is 14.5. The predicted molar refractivity (Wildman–Crippen MR) is 119 cm³/mol. The Labute approximate surface area is 172 Å². The third kappa shape index (κ3) is 3.48. The number of H-pyrrole nitrogens is 1. The van der Waals surface area contributed by atoms with Gasteiger partial charge in [-0.1, -0.05) is 54.1 Å². The highest BCUT2D eigenvalue weighted by molar-refractivity contribution is 5.94. The van der Waals surface area contributed by atoms with E-state index in [0.29, 0.717) is 5.69 Å². The molecule has 0 radical (unpaired) electrons. The lowest BCUT2D eigenvalue weighted by molar-refractivity contribution is 0.430. The van der Waals surface area contributed by atoms with Crippen molar-refractivity contribution in [1.29, 1.82) is 0 Å². The molecule has 0 atom stereocenters. The van der Waals surface area contributed by atoms with Crippen LogP contribution >= 0.6 is 0 Å². The molecule has 0 unspecified atom stereocenters. The van der Waals surface area contributed by atoms with Gasteiger partial charge in [0.05, 0.1) is 17.6 Å². The first kappa shape index (κ1) is 19.2. The van der Waals surface area contributed by atoms with Gasteiger partial charge in [-0.15, -0.1) is 0 Å². The van der Waals surface area contributed by atoms with Gasteiger partial charge in [-0.3, -0.25) is 15.2 Å². The average Bonchev–Trinajstić information content (AvgIpc) is 2.72. The Hall–Kier alpha value is -4.13. The quantitative estimate of drug-likeness (QED) is 0.361. The van der Waals surface area contributed by atoms with Gasteiger partial charge in [0.2, 0.25) is 5.88 Å². The Bertz CT molecular complexity index is 1390. The zero-order valence-corrected chi connectivity index (χ0v) is 16.5. The Morgan fingerprint density at radius 1 is 1.03 bits per heavy atom. The third-order valence-electron chi connectivity index (χ3n) is 4.88. The van der Waals surface area contributed by atoms with Crippen LogP contribution in [-0.4, -0.2) is 20.9 Å². The van der Waals surface area contributed by atoms with E-state index in [-0.39, 0.29) is 5.56 Å². The summed E-state index contributed by atoms with van der Waals surface area (Å²) in [5, 5.41) is 16.8. The van der Waals surface area contributed by atoms with E-state index < -0.39 is 17.1 Å². The van der Waals surface area contributed by atoms with Gasteiger partial charge >= 0.3 is 5.69 Å². The van der Waals surface area contributed by atoms with E-state index in [0.717, 1.165) is 32.2 Å². The fraction of sp³-hybridized carbons (Fsp3) is 0.0870. The lowest BCUT2D eigenvalue weighted by Crippen LogP contribution is -2.31. The van der Waals surface area contributed by atoms with Gasteiger partial charge in [0, 0.05) is 5.39 Å². The van der Waals surface area contributed by atoms with Crippen LogP contribution in [0.4, 0.5) is 5.69 Å². The van der Waals surface area contributed by atoms with E-state index in [1.54, 1.807) is 6.07 Å². The van der Waals surface area contributed by atoms with E-state index in [1.165, 1.54) is 6.21 Å². The van der Waals surface area contributed by atoms with E-state index in [4.69, 9.17) is 0 Å². The number of fused-ring (bicyclic) bond motifs is 1. The monoisotopic (exact) mass is 400 g/mol. The number of nitrogens with one attached hydrogen (secondary N) is 2. The summed E-state index contributed by atoms with van der Waals surface area (Å²) < 4.78 is 1.06. The third-order valence-corrected chi connectivity index (χ3v) is 4.88. The van der Waals surface area contributed by atoms with Crippen LogP contribution in [-0.2, 0) is 0 Å². The van der Waals surface area contributed by atoms with Crippen LogP contribution < -0.4 is 16.7 Å². The van der Waals surface area contributed by atoms with Crippen LogP contribution in [0.5, 0.6) is 5.88 Å². The molecule has 4 rings (SSSR count). The molecule has 0 saturated heterocycles. The smallest absolute Gasteiger partial charge is 0.335 e. The van der Waals surface area contributed by atoms with E-state index in [9.17, 15) is 14.7 Å². The molecule has 7 heteroatoms. The summed E-state index contributed by atoms with van der Waals surface area (Å²) in [6.45, 7) is 3.76. The van der Waals surface area contributed by atoms with Gasteiger partial charge in [-0.25, -0.2) is 9.36 Å². The number of nitrogens with zero attached hydrogens (tertiary/aromatic N) is 2. The number of rotatable bonds is 4. The minimum absolute atomic E-state index is 0.123. The van der Waals surface area contributed by atoms with Gasteiger partial charge < -0.3 is 5.11 Å². The maximum atomic E-state index is 12.4. The molecule has 3 N–H and O–H groups in total. The maximum absolute atomic E-state index is 12.4. The van der Waals surface area contributed by atoms with Crippen molar-refractivity contribution in [1.82, 2.24) is 9.55 Å². The Morgan fingerprint density at radius 2 is 1.80 bits per heavy atom. The highest BCUT2D eigenvalue weighted by atomic mass is 16.3. The summed E-state index contributed by atoms with van der Waals surface area (Å²) in [7, 11) is 0. The number of anilines is 1. The first-order valence-corrected chi connectivity index (χ1v) is 9.38. The van der Waals surface area contributed by atoms with Crippen LogP contribution in [0.15, 0.2) is 75.4 Å². The van der Waals surface area contributed by atoms with Crippen molar-refractivity contribution in [2.45, 2.75) is 13.8 Å². The second kappa shape index (κ2) is 7.71.